The van der Waals surface area contributed by atoms with Crippen LogP contribution >= 0.6 is 22.6 Å². The average molecular weight is 449 g/mol. The van der Waals surface area contributed by atoms with Crippen LogP contribution in [0.3, 0.4) is 0 Å². The van der Waals surface area contributed by atoms with Crippen molar-refractivity contribution in [2.24, 2.45) is 0 Å². The van der Waals surface area contributed by atoms with E-state index in [0.717, 1.165) is 23.7 Å². The first kappa shape index (κ1) is 23.1. The Morgan fingerprint density at radius 3 is 2.17 bits per heavy atom. The molecule has 0 fully saturated rings. The number of hydrogen-bond acceptors (Lipinski definition) is 1. The van der Waals surface area contributed by atoms with Crippen LogP contribution in [-0.4, -0.2) is 18.8 Å². The Morgan fingerprint density at radius 2 is 1.74 bits per heavy atom. The molecule has 0 bridgehead atoms. The van der Waals surface area contributed by atoms with Gasteiger partial charge in [-0.3, -0.25) is 0 Å². The summed E-state index contributed by atoms with van der Waals surface area (Å²) in [5, 5.41) is 0.235. The summed E-state index contributed by atoms with van der Waals surface area (Å²) in [6, 6.07) is 0. The smallest absolute Gasteiger partial charge is 0.192 e. The van der Waals surface area contributed by atoms with Crippen molar-refractivity contribution < 1.29 is 4.43 Å². The summed E-state index contributed by atoms with van der Waals surface area (Å²) < 4.78 is 7.65. The standard InChI is InChI=1S/C20H37IOSi/c1-16(2)11-10-12-17(3)13-19(14-18(4)15-21)22-23(8,9)20(5,6)7/h13,19H,1,4,10-12,14-15H2,2-3,5-9H3/b17-13+/t19-/m1/s1. The average Bonchev–Trinajstić information content (AvgIpc) is 2.35. The molecule has 0 heterocycles. The molecule has 0 amide bonds. The van der Waals surface area contributed by atoms with E-state index in [1.54, 1.807) is 0 Å². The van der Waals surface area contributed by atoms with Crippen molar-refractivity contribution in [1.29, 1.82) is 0 Å². The van der Waals surface area contributed by atoms with Crippen LogP contribution in [0.15, 0.2) is 36.0 Å². The highest BCUT2D eigenvalue weighted by Crippen LogP contribution is 2.38. The van der Waals surface area contributed by atoms with Crippen LogP contribution in [0.25, 0.3) is 0 Å². The summed E-state index contributed by atoms with van der Waals surface area (Å²) in [5.74, 6) is 0. The molecule has 0 unspecified atom stereocenters. The Balaban J connectivity index is 5.00. The first-order valence-corrected chi connectivity index (χ1v) is 13.0. The van der Waals surface area contributed by atoms with Crippen LogP contribution in [0, 0.1) is 0 Å². The number of halogens is 1. The van der Waals surface area contributed by atoms with Crippen molar-refractivity contribution in [3.63, 3.8) is 0 Å². The minimum Gasteiger partial charge on any atom is -0.410 e. The molecule has 0 aromatic rings. The molecule has 0 aromatic carbocycles. The number of alkyl halides is 1. The molecular formula is C20H37IOSi. The first-order chi connectivity index (χ1) is 10.4. The van der Waals surface area contributed by atoms with Gasteiger partial charge in [0.2, 0.25) is 0 Å². The van der Waals surface area contributed by atoms with Gasteiger partial charge in [-0.25, -0.2) is 0 Å². The maximum atomic E-state index is 6.65. The predicted octanol–water partition coefficient (Wildman–Crippen LogP) is 7.45. The largest absolute Gasteiger partial charge is 0.410 e. The minimum absolute atomic E-state index is 0.169. The second-order valence-electron chi connectivity index (χ2n) is 8.33. The van der Waals surface area contributed by atoms with E-state index >= 15 is 0 Å². The summed E-state index contributed by atoms with van der Waals surface area (Å²) in [7, 11) is -1.77. The van der Waals surface area contributed by atoms with Gasteiger partial charge in [0.05, 0.1) is 6.10 Å². The molecule has 0 saturated heterocycles. The van der Waals surface area contributed by atoms with Gasteiger partial charge in [0.25, 0.3) is 0 Å². The predicted molar refractivity (Wildman–Crippen MR) is 117 cm³/mol. The Kier molecular flexibility index (Phi) is 10.2. The fraction of sp³-hybridized carbons (Fsp3) is 0.700. The molecule has 23 heavy (non-hydrogen) atoms. The van der Waals surface area contributed by atoms with E-state index in [4.69, 9.17) is 4.43 Å². The van der Waals surface area contributed by atoms with E-state index in [9.17, 15) is 0 Å². The molecule has 1 nitrogen and oxygen atoms in total. The molecular weight excluding hydrogens is 411 g/mol. The molecule has 0 N–H and O–H groups in total. The quantitative estimate of drug-likeness (QED) is 0.146. The van der Waals surface area contributed by atoms with Gasteiger partial charge in [-0.2, -0.15) is 0 Å². The van der Waals surface area contributed by atoms with Crippen molar-refractivity contribution in [2.75, 3.05) is 4.43 Å². The van der Waals surface area contributed by atoms with Crippen molar-refractivity contribution in [3.05, 3.63) is 36.0 Å². The third kappa shape index (κ3) is 9.88. The van der Waals surface area contributed by atoms with Gasteiger partial charge in [0.15, 0.2) is 8.32 Å². The molecule has 0 spiro atoms. The number of rotatable bonds is 10. The highest BCUT2D eigenvalue weighted by atomic mass is 127. The van der Waals surface area contributed by atoms with Gasteiger partial charge in [0.1, 0.15) is 0 Å². The van der Waals surface area contributed by atoms with Crippen LogP contribution in [0.5, 0.6) is 0 Å². The lowest BCUT2D eigenvalue weighted by molar-refractivity contribution is 0.224. The van der Waals surface area contributed by atoms with E-state index in [-0.39, 0.29) is 11.1 Å². The van der Waals surface area contributed by atoms with Gasteiger partial charge >= 0.3 is 0 Å². The molecule has 0 aliphatic carbocycles. The Morgan fingerprint density at radius 1 is 1.17 bits per heavy atom. The van der Waals surface area contributed by atoms with E-state index < -0.39 is 8.32 Å². The monoisotopic (exact) mass is 448 g/mol. The van der Waals surface area contributed by atoms with Crippen molar-refractivity contribution >= 4 is 30.9 Å². The van der Waals surface area contributed by atoms with Gasteiger partial charge in [0, 0.05) is 4.43 Å². The highest BCUT2D eigenvalue weighted by Gasteiger charge is 2.38. The van der Waals surface area contributed by atoms with Gasteiger partial charge < -0.3 is 4.43 Å². The fourth-order valence-electron chi connectivity index (χ4n) is 2.10. The molecule has 0 aromatic heterocycles. The molecule has 0 rings (SSSR count). The Bertz CT molecular complexity index is 429. The fourth-order valence-corrected chi connectivity index (χ4v) is 3.67. The zero-order chi connectivity index (χ0) is 18.3. The second-order valence-corrected chi connectivity index (χ2v) is 13.8. The SMILES string of the molecule is C=C(C)CCC/C(C)=C/[C@H](CC(=C)CI)O[Si](C)(C)C(C)(C)C. The second kappa shape index (κ2) is 10.2. The van der Waals surface area contributed by atoms with Crippen LogP contribution in [-0.2, 0) is 4.43 Å². The van der Waals surface area contributed by atoms with Gasteiger partial charge in [-0.05, 0) is 57.7 Å². The molecule has 0 aliphatic rings. The molecule has 0 saturated carbocycles. The zero-order valence-corrected chi connectivity index (χ0v) is 19.5. The van der Waals surface area contributed by atoms with Crippen LogP contribution < -0.4 is 0 Å². The van der Waals surface area contributed by atoms with Crippen molar-refractivity contribution in [3.8, 4) is 0 Å². The Hall–Kier alpha value is 0.127. The van der Waals surface area contributed by atoms with Crippen LogP contribution in [0.2, 0.25) is 18.1 Å². The lowest BCUT2D eigenvalue weighted by Crippen LogP contribution is -2.43. The van der Waals surface area contributed by atoms with Crippen molar-refractivity contribution in [1.82, 2.24) is 0 Å². The summed E-state index contributed by atoms with van der Waals surface area (Å²) >= 11 is 2.39. The summed E-state index contributed by atoms with van der Waals surface area (Å²) in [4.78, 5) is 0. The van der Waals surface area contributed by atoms with E-state index in [1.165, 1.54) is 23.1 Å². The molecule has 0 aliphatic heterocycles. The molecule has 0 radical (unpaired) electrons. The lowest BCUT2D eigenvalue weighted by Gasteiger charge is -2.39. The van der Waals surface area contributed by atoms with E-state index in [0.29, 0.717) is 0 Å². The van der Waals surface area contributed by atoms with Gasteiger partial charge in [-0.1, -0.05) is 72.7 Å². The van der Waals surface area contributed by atoms with Crippen LogP contribution in [0.1, 0.15) is 60.3 Å². The van der Waals surface area contributed by atoms with Crippen LogP contribution in [0.4, 0.5) is 0 Å². The number of hydrogen-bond donors (Lipinski definition) is 0. The lowest BCUT2D eigenvalue weighted by atomic mass is 10.0. The summed E-state index contributed by atoms with van der Waals surface area (Å²) in [6.45, 7) is 24.1. The normalized spacial score (nSPS) is 14.7. The van der Waals surface area contributed by atoms with E-state index in [2.05, 4.69) is 89.5 Å². The molecule has 1 atom stereocenters. The molecule has 134 valence electrons. The summed E-state index contributed by atoms with van der Waals surface area (Å²) in [6.07, 6.45) is 6.87. The zero-order valence-electron chi connectivity index (χ0n) is 16.4. The summed E-state index contributed by atoms with van der Waals surface area (Å²) in [5.41, 5.74) is 3.96. The van der Waals surface area contributed by atoms with E-state index in [1.807, 2.05) is 0 Å². The maximum Gasteiger partial charge on any atom is 0.192 e. The van der Waals surface area contributed by atoms with Gasteiger partial charge in [-0.15, -0.1) is 6.58 Å². The maximum absolute atomic E-state index is 6.65. The number of allylic oxidation sites excluding steroid dienone is 2. The van der Waals surface area contributed by atoms with Crippen molar-refractivity contribution in [2.45, 2.75) is 84.5 Å². The first-order valence-electron chi connectivity index (χ1n) is 8.61. The molecule has 3 heteroatoms. The third-order valence-electron chi connectivity index (χ3n) is 4.58. The highest BCUT2D eigenvalue weighted by molar-refractivity contribution is 14.1. The third-order valence-corrected chi connectivity index (χ3v) is 10.2. The topological polar surface area (TPSA) is 9.23 Å². The Labute approximate surface area is 159 Å². The minimum atomic E-state index is -1.77.